The van der Waals surface area contributed by atoms with E-state index in [9.17, 15) is 4.79 Å². The molecule has 1 amide bonds. The first-order valence-electron chi connectivity index (χ1n) is 9.22. The molecule has 0 saturated carbocycles. The van der Waals surface area contributed by atoms with Crippen molar-refractivity contribution in [2.24, 2.45) is 0 Å². The number of nitrogens with zero attached hydrogens (tertiary/aromatic N) is 2. The SMILES string of the molecule is O=C(NO)c1ccc2c(c1)CC(c1ccc(N3CCNCC3)nc1)CC2. The van der Waals surface area contributed by atoms with Crippen molar-refractivity contribution in [2.75, 3.05) is 31.1 Å². The molecule has 1 aliphatic carbocycles. The number of fused-ring (bicyclic) bond motifs is 1. The summed E-state index contributed by atoms with van der Waals surface area (Å²) in [5.74, 6) is 1.00. The van der Waals surface area contributed by atoms with Crippen molar-refractivity contribution in [2.45, 2.75) is 25.2 Å². The number of pyridine rings is 1. The number of aryl methyl sites for hydroxylation is 1. The van der Waals surface area contributed by atoms with Crippen LogP contribution in [0.15, 0.2) is 36.5 Å². The summed E-state index contributed by atoms with van der Waals surface area (Å²) in [4.78, 5) is 18.7. The highest BCUT2D eigenvalue weighted by Crippen LogP contribution is 2.33. The van der Waals surface area contributed by atoms with Crippen LogP contribution in [0.2, 0.25) is 0 Å². The number of piperazine rings is 1. The lowest BCUT2D eigenvalue weighted by Crippen LogP contribution is -2.43. The van der Waals surface area contributed by atoms with Crippen molar-refractivity contribution < 1.29 is 10.0 Å². The van der Waals surface area contributed by atoms with Gasteiger partial charge in [-0.3, -0.25) is 10.0 Å². The Kier molecular flexibility index (Phi) is 4.86. The summed E-state index contributed by atoms with van der Waals surface area (Å²) in [6, 6.07) is 10.0. The van der Waals surface area contributed by atoms with Crippen molar-refractivity contribution in [1.82, 2.24) is 15.8 Å². The first kappa shape index (κ1) is 17.0. The van der Waals surface area contributed by atoms with Crippen molar-refractivity contribution in [3.05, 3.63) is 58.8 Å². The monoisotopic (exact) mass is 352 g/mol. The minimum Gasteiger partial charge on any atom is -0.354 e. The highest BCUT2D eigenvalue weighted by molar-refractivity contribution is 5.93. The van der Waals surface area contributed by atoms with Crippen LogP contribution < -0.4 is 15.7 Å². The predicted octanol–water partition coefficient (Wildman–Crippen LogP) is 1.88. The van der Waals surface area contributed by atoms with E-state index in [1.165, 1.54) is 16.7 Å². The third-order valence-corrected chi connectivity index (χ3v) is 5.48. The number of carbonyl (C=O) groups excluding carboxylic acids is 1. The Hall–Kier alpha value is -2.44. The normalized spacial score (nSPS) is 19.7. The number of anilines is 1. The van der Waals surface area contributed by atoms with Gasteiger partial charge in [-0.25, -0.2) is 10.5 Å². The number of hydrogen-bond donors (Lipinski definition) is 3. The topological polar surface area (TPSA) is 77.5 Å². The van der Waals surface area contributed by atoms with Gasteiger partial charge in [0, 0.05) is 37.9 Å². The molecule has 1 aromatic heterocycles. The average molecular weight is 352 g/mol. The molecular weight excluding hydrogens is 328 g/mol. The Balaban J connectivity index is 1.50. The molecule has 1 aromatic carbocycles. The molecule has 2 aromatic rings. The second-order valence-corrected chi connectivity index (χ2v) is 7.05. The molecular formula is C20H24N4O2. The second kappa shape index (κ2) is 7.43. The second-order valence-electron chi connectivity index (χ2n) is 7.05. The Morgan fingerprint density at radius 1 is 1.19 bits per heavy atom. The van der Waals surface area contributed by atoms with Gasteiger partial charge in [0.25, 0.3) is 5.91 Å². The summed E-state index contributed by atoms with van der Waals surface area (Å²) in [5, 5.41) is 12.2. The zero-order chi connectivity index (χ0) is 17.9. The van der Waals surface area contributed by atoms with Gasteiger partial charge < -0.3 is 10.2 Å². The van der Waals surface area contributed by atoms with Crippen LogP contribution in [0.5, 0.6) is 0 Å². The molecule has 1 aliphatic heterocycles. The smallest absolute Gasteiger partial charge is 0.274 e. The number of amides is 1. The lowest BCUT2D eigenvalue weighted by molar-refractivity contribution is 0.0706. The summed E-state index contributed by atoms with van der Waals surface area (Å²) >= 11 is 0. The number of hydroxylamine groups is 1. The van der Waals surface area contributed by atoms with Crippen LogP contribution >= 0.6 is 0 Å². The molecule has 3 N–H and O–H groups in total. The molecule has 0 radical (unpaired) electrons. The fourth-order valence-electron chi connectivity index (χ4n) is 3.97. The maximum Gasteiger partial charge on any atom is 0.274 e. The summed E-state index contributed by atoms with van der Waals surface area (Å²) < 4.78 is 0. The van der Waals surface area contributed by atoms with Gasteiger partial charge in [-0.1, -0.05) is 12.1 Å². The minimum atomic E-state index is -0.461. The standard InChI is InChI=1S/C20H24N4O2/c25-20(23-26)16-4-2-14-1-3-15(11-18(14)12-16)17-5-6-19(22-13-17)24-9-7-21-8-10-24/h2,4-6,12-13,15,21,26H,1,3,7-11H2,(H,23,25). The molecule has 1 fully saturated rings. The van der Waals surface area contributed by atoms with Crippen molar-refractivity contribution in [1.29, 1.82) is 0 Å². The molecule has 2 heterocycles. The van der Waals surface area contributed by atoms with E-state index in [1.54, 1.807) is 11.5 Å². The van der Waals surface area contributed by atoms with Gasteiger partial charge in [0.15, 0.2) is 0 Å². The molecule has 6 nitrogen and oxygen atoms in total. The molecule has 1 saturated heterocycles. The average Bonchev–Trinajstić information content (AvgIpc) is 2.73. The van der Waals surface area contributed by atoms with Gasteiger partial charge >= 0.3 is 0 Å². The minimum absolute atomic E-state index is 0.416. The number of carbonyl (C=O) groups is 1. The maximum atomic E-state index is 11.7. The first-order chi connectivity index (χ1) is 12.7. The third-order valence-electron chi connectivity index (χ3n) is 5.48. The quantitative estimate of drug-likeness (QED) is 0.581. The third kappa shape index (κ3) is 3.43. The van der Waals surface area contributed by atoms with Crippen molar-refractivity contribution >= 4 is 11.7 Å². The Morgan fingerprint density at radius 3 is 2.77 bits per heavy atom. The zero-order valence-corrected chi connectivity index (χ0v) is 14.7. The van der Waals surface area contributed by atoms with Gasteiger partial charge in [0.05, 0.1) is 0 Å². The summed E-state index contributed by atoms with van der Waals surface area (Å²) in [7, 11) is 0. The van der Waals surface area contributed by atoms with Crippen LogP contribution in [0.25, 0.3) is 0 Å². The summed E-state index contributed by atoms with van der Waals surface area (Å²) in [6.45, 7) is 4.01. The Morgan fingerprint density at radius 2 is 2.04 bits per heavy atom. The van der Waals surface area contributed by atoms with E-state index in [4.69, 9.17) is 10.2 Å². The molecule has 4 rings (SSSR count). The van der Waals surface area contributed by atoms with Gasteiger partial charge in [0.2, 0.25) is 0 Å². The number of hydrogen-bond acceptors (Lipinski definition) is 5. The maximum absolute atomic E-state index is 11.7. The molecule has 6 heteroatoms. The molecule has 2 aliphatic rings. The lowest BCUT2D eigenvalue weighted by atomic mass is 9.80. The van der Waals surface area contributed by atoms with E-state index in [0.717, 1.165) is 51.3 Å². The number of rotatable bonds is 3. The fourth-order valence-corrected chi connectivity index (χ4v) is 3.97. The molecule has 1 atom stereocenters. The van der Waals surface area contributed by atoms with E-state index >= 15 is 0 Å². The van der Waals surface area contributed by atoms with Crippen molar-refractivity contribution in [3.8, 4) is 0 Å². The van der Waals surface area contributed by atoms with Crippen LogP contribution in [-0.2, 0) is 12.8 Å². The highest BCUT2D eigenvalue weighted by atomic mass is 16.5. The van der Waals surface area contributed by atoms with E-state index in [0.29, 0.717) is 11.5 Å². The van der Waals surface area contributed by atoms with Crippen LogP contribution in [0.3, 0.4) is 0 Å². The van der Waals surface area contributed by atoms with E-state index in [-0.39, 0.29) is 0 Å². The van der Waals surface area contributed by atoms with Crippen LogP contribution in [-0.4, -0.2) is 42.3 Å². The molecule has 1 unspecified atom stereocenters. The van der Waals surface area contributed by atoms with Crippen LogP contribution in [0, 0.1) is 0 Å². The largest absolute Gasteiger partial charge is 0.354 e. The van der Waals surface area contributed by atoms with Crippen LogP contribution in [0.1, 0.15) is 39.4 Å². The van der Waals surface area contributed by atoms with Crippen molar-refractivity contribution in [3.63, 3.8) is 0 Å². The van der Waals surface area contributed by atoms with Gasteiger partial charge in [-0.05, 0) is 60.1 Å². The highest BCUT2D eigenvalue weighted by Gasteiger charge is 2.22. The summed E-state index contributed by atoms with van der Waals surface area (Å²) in [5.41, 5.74) is 5.95. The molecule has 26 heavy (non-hydrogen) atoms. The van der Waals surface area contributed by atoms with Crippen LogP contribution in [0.4, 0.5) is 5.82 Å². The zero-order valence-electron chi connectivity index (χ0n) is 14.7. The predicted molar refractivity (Wildman–Crippen MR) is 99.8 cm³/mol. The van der Waals surface area contributed by atoms with E-state index < -0.39 is 5.91 Å². The fraction of sp³-hybridized carbons (Fsp3) is 0.400. The number of benzene rings is 1. The van der Waals surface area contributed by atoms with Gasteiger partial charge in [-0.15, -0.1) is 0 Å². The summed E-state index contributed by atoms with van der Waals surface area (Å²) in [6.07, 6.45) is 5.00. The molecule has 0 bridgehead atoms. The number of nitrogens with one attached hydrogen (secondary N) is 2. The molecule has 0 spiro atoms. The Labute approximate surface area is 153 Å². The Bertz CT molecular complexity index is 785. The van der Waals surface area contributed by atoms with E-state index in [2.05, 4.69) is 22.3 Å². The first-order valence-corrected chi connectivity index (χ1v) is 9.22. The number of aromatic nitrogens is 1. The lowest BCUT2D eigenvalue weighted by Gasteiger charge is -2.29. The van der Waals surface area contributed by atoms with E-state index in [1.807, 2.05) is 18.3 Å². The molecule has 136 valence electrons. The van der Waals surface area contributed by atoms with Gasteiger partial charge in [-0.2, -0.15) is 0 Å². The van der Waals surface area contributed by atoms with Gasteiger partial charge in [0.1, 0.15) is 5.82 Å².